The van der Waals surface area contributed by atoms with Crippen LogP contribution in [0.25, 0.3) is 0 Å². The monoisotopic (exact) mass is 358 g/mol. The summed E-state index contributed by atoms with van der Waals surface area (Å²) < 4.78 is 27.9. The Morgan fingerprint density at radius 2 is 1.86 bits per heavy atom. The summed E-state index contributed by atoms with van der Waals surface area (Å²) in [5.41, 5.74) is 0.209. The van der Waals surface area contributed by atoms with E-state index < -0.39 is 11.6 Å². The maximum Gasteiger partial charge on any atom is 0.256 e. The van der Waals surface area contributed by atoms with Crippen molar-refractivity contribution < 1.29 is 13.6 Å². The van der Waals surface area contributed by atoms with E-state index in [1.807, 2.05) is 0 Å². The van der Waals surface area contributed by atoms with Gasteiger partial charge in [-0.1, -0.05) is 22.5 Å². The van der Waals surface area contributed by atoms with Crippen molar-refractivity contribution in [2.45, 2.75) is 6.92 Å². The largest absolute Gasteiger partial charge is 0.336 e. The van der Waals surface area contributed by atoms with Crippen molar-refractivity contribution in [2.75, 3.05) is 32.7 Å². The average Bonchev–Trinajstić information content (AvgIpc) is 2.42. The first kappa shape index (κ1) is 16.1. The Balaban J connectivity index is 2.05. The van der Waals surface area contributed by atoms with E-state index in [1.54, 1.807) is 4.90 Å². The smallest absolute Gasteiger partial charge is 0.256 e. The lowest BCUT2D eigenvalue weighted by Gasteiger charge is -2.34. The highest BCUT2D eigenvalue weighted by Crippen LogP contribution is 2.17. The van der Waals surface area contributed by atoms with Gasteiger partial charge in [0.1, 0.15) is 11.6 Å². The average molecular weight is 359 g/mol. The molecule has 1 aliphatic heterocycles. The van der Waals surface area contributed by atoms with E-state index in [0.29, 0.717) is 26.2 Å². The summed E-state index contributed by atoms with van der Waals surface area (Å²) in [4.78, 5) is 16.1. The van der Waals surface area contributed by atoms with Crippen molar-refractivity contribution in [3.63, 3.8) is 0 Å². The van der Waals surface area contributed by atoms with Gasteiger partial charge < -0.3 is 4.90 Å². The van der Waals surface area contributed by atoms with Gasteiger partial charge in [0.05, 0.1) is 5.56 Å². The molecule has 1 saturated heterocycles. The number of hydrogen-bond acceptors (Lipinski definition) is 2. The number of halogens is 3. The summed E-state index contributed by atoms with van der Waals surface area (Å²) >= 11 is 3.31. The SMILES string of the molecule is C=C(Br)CN1CCN(C(=O)c2cc(C)c(F)cc2F)CC1. The Bertz CT molecular complexity index is 569. The summed E-state index contributed by atoms with van der Waals surface area (Å²) in [6.07, 6.45) is 0. The summed E-state index contributed by atoms with van der Waals surface area (Å²) in [6, 6.07) is 2.05. The summed E-state index contributed by atoms with van der Waals surface area (Å²) in [5, 5.41) is 0. The van der Waals surface area contributed by atoms with E-state index in [-0.39, 0.29) is 17.0 Å². The fourth-order valence-electron chi connectivity index (χ4n) is 2.34. The molecule has 0 spiro atoms. The van der Waals surface area contributed by atoms with Crippen molar-refractivity contribution in [1.82, 2.24) is 9.80 Å². The van der Waals surface area contributed by atoms with Crippen LogP contribution in [-0.4, -0.2) is 48.4 Å². The first-order valence-electron chi connectivity index (χ1n) is 6.69. The molecule has 114 valence electrons. The van der Waals surface area contributed by atoms with Gasteiger partial charge in [-0.2, -0.15) is 0 Å². The lowest BCUT2D eigenvalue weighted by molar-refractivity contribution is 0.0645. The van der Waals surface area contributed by atoms with Gasteiger partial charge in [0.15, 0.2) is 0 Å². The van der Waals surface area contributed by atoms with Crippen LogP contribution in [-0.2, 0) is 0 Å². The fraction of sp³-hybridized carbons (Fsp3) is 0.400. The second-order valence-electron chi connectivity index (χ2n) is 5.17. The van der Waals surface area contributed by atoms with Crippen LogP contribution in [0.15, 0.2) is 23.2 Å². The van der Waals surface area contributed by atoms with Crippen LogP contribution >= 0.6 is 15.9 Å². The van der Waals surface area contributed by atoms with Gasteiger partial charge in [0.2, 0.25) is 0 Å². The molecule has 0 saturated carbocycles. The quantitative estimate of drug-likeness (QED) is 0.829. The van der Waals surface area contributed by atoms with E-state index in [0.717, 1.165) is 17.1 Å². The Hall–Kier alpha value is -1.27. The molecule has 0 atom stereocenters. The molecule has 1 amide bonds. The minimum atomic E-state index is -0.806. The predicted molar refractivity (Wildman–Crippen MR) is 81.5 cm³/mol. The maximum absolute atomic E-state index is 13.8. The Labute approximate surface area is 131 Å². The third kappa shape index (κ3) is 3.89. The van der Waals surface area contributed by atoms with Gasteiger partial charge in [-0.05, 0) is 18.6 Å². The number of carbonyl (C=O) groups excluding carboxylic acids is 1. The van der Waals surface area contributed by atoms with Gasteiger partial charge in [0, 0.05) is 43.3 Å². The van der Waals surface area contributed by atoms with E-state index in [9.17, 15) is 13.6 Å². The standard InChI is InChI=1S/C15H17BrF2N2O/c1-10-7-12(14(18)8-13(10)17)15(21)20-5-3-19(4-6-20)9-11(2)16/h7-8H,2-6,9H2,1H3. The van der Waals surface area contributed by atoms with E-state index >= 15 is 0 Å². The molecule has 0 aromatic heterocycles. The van der Waals surface area contributed by atoms with Crippen molar-refractivity contribution in [3.8, 4) is 0 Å². The summed E-state index contributed by atoms with van der Waals surface area (Å²) in [7, 11) is 0. The van der Waals surface area contributed by atoms with Crippen LogP contribution in [0, 0.1) is 18.6 Å². The fourth-order valence-corrected chi connectivity index (χ4v) is 2.70. The first-order chi connectivity index (χ1) is 9.88. The molecular formula is C15H17BrF2N2O. The molecule has 0 unspecified atom stereocenters. The van der Waals surface area contributed by atoms with Crippen LogP contribution in [0.2, 0.25) is 0 Å². The number of rotatable bonds is 3. The number of aryl methyl sites for hydroxylation is 1. The second-order valence-corrected chi connectivity index (χ2v) is 6.29. The van der Waals surface area contributed by atoms with Crippen LogP contribution in [0.5, 0.6) is 0 Å². The molecule has 1 aromatic carbocycles. The van der Waals surface area contributed by atoms with Crippen molar-refractivity contribution in [3.05, 3.63) is 46.0 Å². The highest BCUT2D eigenvalue weighted by Gasteiger charge is 2.24. The zero-order chi connectivity index (χ0) is 15.6. The third-order valence-corrected chi connectivity index (χ3v) is 3.78. The Kier molecular flexibility index (Phi) is 5.11. The molecule has 3 nitrogen and oxygen atoms in total. The molecule has 21 heavy (non-hydrogen) atoms. The van der Waals surface area contributed by atoms with E-state index in [4.69, 9.17) is 0 Å². The van der Waals surface area contributed by atoms with E-state index in [2.05, 4.69) is 27.4 Å². The molecule has 1 fully saturated rings. The number of benzene rings is 1. The van der Waals surface area contributed by atoms with Gasteiger partial charge >= 0.3 is 0 Å². The Morgan fingerprint density at radius 3 is 2.43 bits per heavy atom. The molecule has 1 aromatic rings. The van der Waals surface area contributed by atoms with Crippen molar-refractivity contribution >= 4 is 21.8 Å². The first-order valence-corrected chi connectivity index (χ1v) is 7.48. The zero-order valence-corrected chi connectivity index (χ0v) is 13.4. The maximum atomic E-state index is 13.8. The molecule has 2 rings (SSSR count). The van der Waals surface area contributed by atoms with Gasteiger partial charge in [-0.15, -0.1) is 0 Å². The number of amides is 1. The second kappa shape index (κ2) is 6.66. The van der Waals surface area contributed by atoms with E-state index in [1.165, 1.54) is 13.0 Å². The van der Waals surface area contributed by atoms with Crippen LogP contribution < -0.4 is 0 Å². The third-order valence-electron chi connectivity index (χ3n) is 3.53. The molecule has 0 N–H and O–H groups in total. The van der Waals surface area contributed by atoms with Gasteiger partial charge in [-0.3, -0.25) is 9.69 Å². The minimum Gasteiger partial charge on any atom is -0.336 e. The van der Waals surface area contributed by atoms with Gasteiger partial charge in [-0.25, -0.2) is 8.78 Å². The minimum absolute atomic E-state index is 0.0627. The molecule has 1 aliphatic rings. The summed E-state index contributed by atoms with van der Waals surface area (Å²) in [6.45, 7) is 8.50. The number of piperazine rings is 1. The number of hydrogen-bond donors (Lipinski definition) is 0. The lowest BCUT2D eigenvalue weighted by Crippen LogP contribution is -2.49. The molecule has 0 radical (unpaired) electrons. The normalized spacial score (nSPS) is 16.1. The predicted octanol–water partition coefficient (Wildman–Crippen LogP) is 2.94. The number of nitrogens with zero attached hydrogens (tertiary/aromatic N) is 2. The molecule has 0 aliphatic carbocycles. The summed E-state index contributed by atoms with van der Waals surface area (Å²) in [5.74, 6) is -1.82. The van der Waals surface area contributed by atoms with Crippen LogP contribution in [0.4, 0.5) is 8.78 Å². The Morgan fingerprint density at radius 1 is 1.24 bits per heavy atom. The zero-order valence-electron chi connectivity index (χ0n) is 11.8. The molecule has 0 bridgehead atoms. The molecule has 6 heteroatoms. The highest BCUT2D eigenvalue weighted by atomic mass is 79.9. The van der Waals surface area contributed by atoms with Crippen LogP contribution in [0.1, 0.15) is 15.9 Å². The van der Waals surface area contributed by atoms with Gasteiger partial charge in [0.25, 0.3) is 5.91 Å². The lowest BCUT2D eigenvalue weighted by atomic mass is 10.1. The molecular weight excluding hydrogens is 342 g/mol. The topological polar surface area (TPSA) is 23.6 Å². The molecule has 1 heterocycles. The van der Waals surface area contributed by atoms with Crippen LogP contribution in [0.3, 0.4) is 0 Å². The van der Waals surface area contributed by atoms with Crippen molar-refractivity contribution in [1.29, 1.82) is 0 Å². The number of carbonyl (C=O) groups is 1. The van der Waals surface area contributed by atoms with Crippen molar-refractivity contribution in [2.24, 2.45) is 0 Å². The highest BCUT2D eigenvalue weighted by molar-refractivity contribution is 9.11.